The van der Waals surface area contributed by atoms with Crippen molar-refractivity contribution in [1.82, 2.24) is 19.8 Å². The number of fused-ring (bicyclic) bond motifs is 4. The molecule has 5 heteroatoms. The molecule has 3 fully saturated rings. The lowest BCUT2D eigenvalue weighted by atomic mass is 9.71. The zero-order chi connectivity index (χ0) is 20.7. The number of carbonyl (C=O) groups is 1. The predicted octanol–water partition coefficient (Wildman–Crippen LogP) is 3.65. The van der Waals surface area contributed by atoms with Crippen LogP contribution in [-0.2, 0) is 6.42 Å². The molecule has 2 bridgehead atoms. The van der Waals surface area contributed by atoms with Crippen molar-refractivity contribution in [3.05, 3.63) is 59.2 Å². The molecule has 158 valence electrons. The third-order valence-electron chi connectivity index (χ3n) is 7.64. The van der Waals surface area contributed by atoms with E-state index in [4.69, 9.17) is 0 Å². The van der Waals surface area contributed by atoms with Gasteiger partial charge >= 0.3 is 0 Å². The van der Waals surface area contributed by atoms with Crippen LogP contribution in [0.3, 0.4) is 0 Å². The standard InChI is InChI=1S/C25H32N4O/c1-17-24(18(2)27-16-26-17)25(30)28-14-20-13-21(15-28)23(12-19-8-4-3-5-9-19)29-11-7-6-10-22(20)29/h3-5,8-9,16,20-23H,6-7,10-15H2,1-2H3/t20-,21+,22+,23+/m1/s1. The van der Waals surface area contributed by atoms with Crippen LogP contribution in [0.15, 0.2) is 36.7 Å². The molecule has 0 saturated carbocycles. The fourth-order valence-electron chi connectivity index (χ4n) is 6.27. The van der Waals surface area contributed by atoms with Crippen LogP contribution in [0.5, 0.6) is 0 Å². The number of aryl methyl sites for hydroxylation is 2. The van der Waals surface area contributed by atoms with Crippen LogP contribution in [0.1, 0.15) is 53.0 Å². The molecule has 0 spiro atoms. The van der Waals surface area contributed by atoms with E-state index in [2.05, 4.69) is 50.1 Å². The Balaban J connectivity index is 1.43. The minimum atomic E-state index is 0.128. The van der Waals surface area contributed by atoms with Gasteiger partial charge in [0.2, 0.25) is 0 Å². The number of likely N-dealkylation sites (tertiary alicyclic amines) is 1. The molecule has 3 saturated heterocycles. The van der Waals surface area contributed by atoms with E-state index in [1.807, 2.05) is 13.8 Å². The predicted molar refractivity (Wildman–Crippen MR) is 117 cm³/mol. The van der Waals surface area contributed by atoms with Gasteiger partial charge in [-0.25, -0.2) is 9.97 Å². The monoisotopic (exact) mass is 404 g/mol. The summed E-state index contributed by atoms with van der Waals surface area (Å²) in [6.45, 7) is 6.79. The van der Waals surface area contributed by atoms with Crippen molar-refractivity contribution >= 4 is 5.91 Å². The van der Waals surface area contributed by atoms with E-state index in [0.717, 1.165) is 30.9 Å². The van der Waals surface area contributed by atoms with Crippen LogP contribution >= 0.6 is 0 Å². The van der Waals surface area contributed by atoms with Gasteiger partial charge in [0.15, 0.2) is 0 Å². The molecule has 4 atom stereocenters. The lowest BCUT2D eigenvalue weighted by Gasteiger charge is -2.57. The highest BCUT2D eigenvalue weighted by Gasteiger charge is 2.48. The summed E-state index contributed by atoms with van der Waals surface area (Å²) in [6, 6.07) is 12.0. The molecule has 3 aliphatic heterocycles. The van der Waals surface area contributed by atoms with Crippen molar-refractivity contribution in [3.8, 4) is 0 Å². The van der Waals surface area contributed by atoms with Gasteiger partial charge in [0.05, 0.1) is 17.0 Å². The fourth-order valence-corrected chi connectivity index (χ4v) is 6.27. The summed E-state index contributed by atoms with van der Waals surface area (Å²) in [5.74, 6) is 1.25. The Morgan fingerprint density at radius 1 is 1.03 bits per heavy atom. The first kappa shape index (κ1) is 19.7. The SMILES string of the molecule is Cc1ncnc(C)c1C(=O)N1C[C@H]2C[C@@H](C1)[C@H](Cc1ccccc1)N1CCCC[C@@H]21. The van der Waals surface area contributed by atoms with Crippen molar-refractivity contribution in [2.24, 2.45) is 11.8 Å². The van der Waals surface area contributed by atoms with Crippen LogP contribution in [-0.4, -0.2) is 57.4 Å². The van der Waals surface area contributed by atoms with E-state index in [9.17, 15) is 4.79 Å². The lowest BCUT2D eigenvalue weighted by molar-refractivity contribution is -0.0642. The Bertz CT molecular complexity index is 894. The Morgan fingerprint density at radius 3 is 2.53 bits per heavy atom. The Kier molecular flexibility index (Phi) is 5.32. The highest BCUT2D eigenvalue weighted by Crippen LogP contribution is 2.42. The quantitative estimate of drug-likeness (QED) is 0.784. The van der Waals surface area contributed by atoms with Gasteiger partial charge in [-0.15, -0.1) is 0 Å². The number of carbonyl (C=O) groups excluding carboxylic acids is 1. The number of piperidine rings is 3. The fraction of sp³-hybridized carbons (Fsp3) is 0.560. The third kappa shape index (κ3) is 3.53. The molecule has 0 unspecified atom stereocenters. The molecular weight excluding hydrogens is 372 g/mol. The summed E-state index contributed by atoms with van der Waals surface area (Å²) in [5.41, 5.74) is 3.71. The second-order valence-electron chi connectivity index (χ2n) is 9.44. The molecule has 3 aliphatic rings. The summed E-state index contributed by atoms with van der Waals surface area (Å²) in [4.78, 5) is 27.1. The molecule has 2 aromatic rings. The third-order valence-corrected chi connectivity index (χ3v) is 7.64. The number of rotatable bonds is 3. The first-order chi connectivity index (χ1) is 14.6. The molecule has 1 aromatic heterocycles. The Labute approximate surface area is 179 Å². The second kappa shape index (κ2) is 8.10. The van der Waals surface area contributed by atoms with Gasteiger partial charge in [-0.05, 0) is 63.5 Å². The first-order valence-electron chi connectivity index (χ1n) is 11.5. The summed E-state index contributed by atoms with van der Waals surface area (Å²) >= 11 is 0. The van der Waals surface area contributed by atoms with E-state index in [1.54, 1.807) is 6.33 Å². The number of nitrogens with zero attached hydrogens (tertiary/aromatic N) is 4. The van der Waals surface area contributed by atoms with Gasteiger partial charge in [0, 0.05) is 25.2 Å². The molecule has 1 amide bonds. The van der Waals surface area contributed by atoms with Crippen LogP contribution in [0.2, 0.25) is 0 Å². The van der Waals surface area contributed by atoms with Crippen LogP contribution in [0, 0.1) is 25.7 Å². The average Bonchev–Trinajstić information content (AvgIpc) is 2.77. The van der Waals surface area contributed by atoms with E-state index >= 15 is 0 Å². The minimum Gasteiger partial charge on any atom is -0.338 e. The lowest BCUT2D eigenvalue weighted by Crippen LogP contribution is -2.64. The largest absolute Gasteiger partial charge is 0.338 e. The van der Waals surface area contributed by atoms with Crippen molar-refractivity contribution in [3.63, 3.8) is 0 Å². The summed E-state index contributed by atoms with van der Waals surface area (Å²) in [7, 11) is 0. The van der Waals surface area contributed by atoms with Gasteiger partial charge in [-0.3, -0.25) is 9.69 Å². The van der Waals surface area contributed by atoms with Crippen LogP contribution in [0.25, 0.3) is 0 Å². The van der Waals surface area contributed by atoms with Crippen molar-refractivity contribution < 1.29 is 4.79 Å². The first-order valence-corrected chi connectivity index (χ1v) is 11.5. The summed E-state index contributed by atoms with van der Waals surface area (Å²) in [6.07, 6.45) is 7.80. The van der Waals surface area contributed by atoms with Gasteiger partial charge in [-0.1, -0.05) is 36.8 Å². The van der Waals surface area contributed by atoms with Crippen molar-refractivity contribution in [1.29, 1.82) is 0 Å². The zero-order valence-electron chi connectivity index (χ0n) is 18.1. The van der Waals surface area contributed by atoms with Crippen molar-refractivity contribution in [2.75, 3.05) is 19.6 Å². The van der Waals surface area contributed by atoms with Crippen LogP contribution in [0.4, 0.5) is 0 Å². The van der Waals surface area contributed by atoms with Crippen LogP contribution < -0.4 is 0 Å². The normalized spacial score (nSPS) is 28.8. The minimum absolute atomic E-state index is 0.128. The Morgan fingerprint density at radius 2 is 1.77 bits per heavy atom. The number of benzene rings is 1. The smallest absolute Gasteiger partial charge is 0.257 e. The molecule has 4 heterocycles. The highest BCUT2D eigenvalue weighted by atomic mass is 16.2. The number of hydrogen-bond acceptors (Lipinski definition) is 4. The maximum absolute atomic E-state index is 13.5. The second-order valence-corrected chi connectivity index (χ2v) is 9.44. The maximum Gasteiger partial charge on any atom is 0.257 e. The van der Waals surface area contributed by atoms with E-state index in [-0.39, 0.29) is 5.91 Å². The molecule has 30 heavy (non-hydrogen) atoms. The molecule has 5 rings (SSSR count). The molecule has 0 aliphatic carbocycles. The van der Waals surface area contributed by atoms with E-state index < -0.39 is 0 Å². The van der Waals surface area contributed by atoms with E-state index in [1.165, 1.54) is 37.8 Å². The average molecular weight is 405 g/mol. The highest BCUT2D eigenvalue weighted by molar-refractivity contribution is 5.96. The van der Waals surface area contributed by atoms with Crippen molar-refractivity contribution in [2.45, 2.75) is 58.0 Å². The molecular formula is C25H32N4O. The molecule has 1 aromatic carbocycles. The summed E-state index contributed by atoms with van der Waals surface area (Å²) in [5, 5.41) is 0. The number of aromatic nitrogens is 2. The van der Waals surface area contributed by atoms with Gasteiger partial charge in [0.1, 0.15) is 6.33 Å². The number of hydrogen-bond donors (Lipinski definition) is 0. The maximum atomic E-state index is 13.5. The Hall–Kier alpha value is -2.27. The topological polar surface area (TPSA) is 49.3 Å². The molecule has 0 N–H and O–H groups in total. The molecule has 0 radical (unpaired) electrons. The molecule has 5 nitrogen and oxygen atoms in total. The number of amides is 1. The van der Waals surface area contributed by atoms with Gasteiger partial charge in [0.25, 0.3) is 5.91 Å². The van der Waals surface area contributed by atoms with E-state index in [0.29, 0.717) is 29.5 Å². The van der Waals surface area contributed by atoms with Gasteiger partial charge in [-0.2, -0.15) is 0 Å². The summed E-state index contributed by atoms with van der Waals surface area (Å²) < 4.78 is 0. The zero-order valence-corrected chi connectivity index (χ0v) is 18.1. The van der Waals surface area contributed by atoms with Gasteiger partial charge < -0.3 is 4.90 Å².